The van der Waals surface area contributed by atoms with Gasteiger partial charge in [0.05, 0.1) is 19.8 Å². The summed E-state index contributed by atoms with van der Waals surface area (Å²) in [5.41, 5.74) is 6.68. The predicted molar refractivity (Wildman–Crippen MR) is 124 cm³/mol. The number of hydrogen-bond donors (Lipinski definition) is 0. The van der Waals surface area contributed by atoms with Crippen LogP contribution >= 0.6 is 11.3 Å². The van der Waals surface area contributed by atoms with Crippen LogP contribution in [0.5, 0.6) is 0 Å². The van der Waals surface area contributed by atoms with Crippen LogP contribution in [0, 0.1) is 13.8 Å². The first-order chi connectivity index (χ1) is 14.4. The standard InChI is InChI=1S/C23H28N3O3S.HI/c1-6-28-23(27)18-13-26(7-8-29-18)17-10-15(3)22-20(12-17)30-19-11-16(25(4)5)9-14(2)21(19)24-22;/h9-12,18H,6-8,13H2,1-5H3;1H/q+1;/p-1. The number of carbonyl (C=O) groups is 1. The van der Waals surface area contributed by atoms with Crippen molar-refractivity contribution in [2.45, 2.75) is 26.9 Å². The maximum atomic E-state index is 12.1. The van der Waals surface area contributed by atoms with E-state index < -0.39 is 6.10 Å². The van der Waals surface area contributed by atoms with Crippen molar-refractivity contribution < 1.29 is 38.2 Å². The van der Waals surface area contributed by atoms with Gasteiger partial charge in [0.15, 0.2) is 6.10 Å². The second-order valence-corrected chi connectivity index (χ2v) is 8.97. The van der Waals surface area contributed by atoms with Crippen molar-refractivity contribution in [1.82, 2.24) is 4.98 Å². The van der Waals surface area contributed by atoms with Gasteiger partial charge in [0.1, 0.15) is 11.0 Å². The Kier molecular flexibility index (Phi) is 7.54. The first-order valence-electron chi connectivity index (χ1n) is 10.3. The Labute approximate surface area is 204 Å². The van der Waals surface area contributed by atoms with Crippen molar-refractivity contribution in [1.29, 1.82) is 0 Å². The molecule has 1 aromatic heterocycles. The van der Waals surface area contributed by atoms with Gasteiger partial charge in [0.2, 0.25) is 11.3 Å². The molecule has 1 saturated heterocycles. The Bertz CT molecular complexity index is 1120. The number of ether oxygens (including phenoxy) is 2. The molecule has 0 spiro atoms. The zero-order valence-electron chi connectivity index (χ0n) is 18.6. The number of carbonyl (C=O) groups excluding carboxylic acids is 1. The van der Waals surface area contributed by atoms with Crippen LogP contribution in [0.3, 0.4) is 0 Å². The van der Waals surface area contributed by atoms with Crippen molar-refractivity contribution in [2.24, 2.45) is 0 Å². The molecule has 2 heterocycles. The van der Waals surface area contributed by atoms with E-state index in [2.05, 4.69) is 62.0 Å². The van der Waals surface area contributed by atoms with Gasteiger partial charge >= 0.3 is 5.97 Å². The zero-order chi connectivity index (χ0) is 21.4. The molecule has 1 fully saturated rings. The predicted octanol–water partition coefficient (Wildman–Crippen LogP) is 1.19. The summed E-state index contributed by atoms with van der Waals surface area (Å²) in [5, 5.41) is 0. The van der Waals surface area contributed by atoms with E-state index in [0.29, 0.717) is 19.8 Å². The maximum Gasteiger partial charge on any atom is 0.337 e. The Hall–Kier alpha value is -1.78. The molecule has 8 heteroatoms. The van der Waals surface area contributed by atoms with Crippen LogP contribution < -0.4 is 33.8 Å². The Morgan fingerprint density at radius 2 is 1.87 bits per heavy atom. The van der Waals surface area contributed by atoms with Crippen molar-refractivity contribution in [3.8, 4) is 0 Å². The number of aromatic nitrogens is 1. The summed E-state index contributed by atoms with van der Waals surface area (Å²) in [7, 11) is 4.11. The number of rotatable bonds is 4. The number of hydrogen-bond acceptors (Lipinski definition) is 6. The van der Waals surface area contributed by atoms with Crippen molar-refractivity contribution >= 4 is 49.1 Å². The first kappa shape index (κ1) is 23.9. The van der Waals surface area contributed by atoms with Gasteiger partial charge in [-0.25, -0.2) is 9.78 Å². The molecule has 3 aromatic rings. The van der Waals surface area contributed by atoms with E-state index in [4.69, 9.17) is 14.5 Å². The van der Waals surface area contributed by atoms with Gasteiger partial charge in [-0.1, -0.05) is 0 Å². The van der Waals surface area contributed by atoms with Crippen molar-refractivity contribution in [3.05, 3.63) is 35.4 Å². The van der Waals surface area contributed by atoms with E-state index in [-0.39, 0.29) is 29.9 Å². The van der Waals surface area contributed by atoms with E-state index in [1.165, 1.54) is 16.0 Å². The summed E-state index contributed by atoms with van der Waals surface area (Å²) in [5.74, 6) is -0.290. The third-order valence-electron chi connectivity index (χ3n) is 5.44. The van der Waals surface area contributed by atoms with Crippen molar-refractivity contribution in [2.75, 3.05) is 50.2 Å². The molecule has 6 nitrogen and oxygen atoms in total. The van der Waals surface area contributed by atoms with Gasteiger partial charge in [0.25, 0.3) is 9.40 Å². The lowest BCUT2D eigenvalue weighted by molar-refractivity contribution is -0.157. The Morgan fingerprint density at radius 3 is 2.55 bits per heavy atom. The van der Waals surface area contributed by atoms with E-state index in [0.717, 1.165) is 33.5 Å². The number of aryl methyl sites for hydroxylation is 2. The molecule has 1 aliphatic rings. The van der Waals surface area contributed by atoms with Gasteiger partial charge < -0.3 is 43.3 Å². The fraction of sp³-hybridized carbons (Fsp3) is 0.435. The fourth-order valence-corrected chi connectivity index (χ4v) is 5.04. The van der Waals surface area contributed by atoms with Crippen molar-refractivity contribution in [3.63, 3.8) is 0 Å². The minimum absolute atomic E-state index is 0. The summed E-state index contributed by atoms with van der Waals surface area (Å²) < 4.78 is 13.1. The molecule has 1 atom stereocenters. The molecule has 1 unspecified atom stereocenters. The number of halogens is 1. The Morgan fingerprint density at radius 1 is 1.19 bits per heavy atom. The van der Waals surface area contributed by atoms with Gasteiger partial charge in [-0.05, 0) is 44.0 Å². The van der Waals surface area contributed by atoms with E-state index in [9.17, 15) is 4.79 Å². The molecule has 0 saturated carbocycles. The molecule has 2 aromatic carbocycles. The lowest BCUT2D eigenvalue weighted by Crippen LogP contribution is -3.00. The number of nitrogens with zero attached hydrogens (tertiary/aromatic N) is 3. The molecule has 0 N–H and O–H groups in total. The smallest absolute Gasteiger partial charge is 0.337 e. The molecule has 0 radical (unpaired) electrons. The van der Waals surface area contributed by atoms with Crippen LogP contribution in [-0.4, -0.2) is 57.5 Å². The minimum atomic E-state index is -0.543. The summed E-state index contributed by atoms with van der Waals surface area (Å²) in [6.45, 7) is 8.15. The molecule has 0 amide bonds. The highest BCUT2D eigenvalue weighted by Gasteiger charge is 2.29. The second-order valence-electron chi connectivity index (χ2n) is 7.88. The molecule has 1 aliphatic heterocycles. The lowest BCUT2D eigenvalue weighted by Gasteiger charge is -2.33. The van der Waals surface area contributed by atoms with Crippen LogP contribution in [0.1, 0.15) is 18.1 Å². The lowest BCUT2D eigenvalue weighted by atomic mass is 10.1. The average molecular weight is 553 g/mol. The van der Waals surface area contributed by atoms with Crippen LogP contribution in [0.15, 0.2) is 24.3 Å². The molecule has 4 rings (SSSR count). The third kappa shape index (κ3) is 4.85. The van der Waals surface area contributed by atoms with E-state index >= 15 is 0 Å². The van der Waals surface area contributed by atoms with Crippen LogP contribution in [0.2, 0.25) is 0 Å². The SMILES string of the molecule is CCOC(=O)C1CN(c2cc(C)c3nc4c(C)cc(N(C)C)cc4[s+]c3c2)CCO1.[I-]. The average Bonchev–Trinajstić information content (AvgIpc) is 2.72. The van der Waals surface area contributed by atoms with E-state index in [1.54, 1.807) is 11.3 Å². The maximum absolute atomic E-state index is 12.1. The van der Waals surface area contributed by atoms with Gasteiger partial charge in [0, 0.05) is 44.1 Å². The quantitative estimate of drug-likeness (QED) is 0.210. The summed E-state index contributed by atoms with van der Waals surface area (Å²) >= 11 is 1.77. The molecule has 0 bridgehead atoms. The monoisotopic (exact) mass is 553 g/mol. The Balaban J connectivity index is 0.00000272. The highest BCUT2D eigenvalue weighted by molar-refractivity contribution is 7.24. The number of benzene rings is 2. The highest BCUT2D eigenvalue weighted by atomic mass is 127. The minimum Gasteiger partial charge on any atom is -1.00 e. The highest BCUT2D eigenvalue weighted by Crippen LogP contribution is 2.35. The van der Waals surface area contributed by atoms with Gasteiger partial charge in [-0.15, -0.1) is 0 Å². The number of esters is 1. The van der Waals surface area contributed by atoms with Gasteiger partial charge in [-0.3, -0.25) is 0 Å². The largest absolute Gasteiger partial charge is 1.00 e. The fourth-order valence-electron chi connectivity index (χ4n) is 3.83. The van der Waals surface area contributed by atoms with Crippen LogP contribution in [0.4, 0.5) is 11.4 Å². The molecular formula is C23H28IN3O3S. The third-order valence-corrected chi connectivity index (χ3v) is 6.50. The molecule has 31 heavy (non-hydrogen) atoms. The molecule has 166 valence electrons. The van der Waals surface area contributed by atoms with Crippen LogP contribution in [-0.2, 0) is 14.3 Å². The number of anilines is 2. The summed E-state index contributed by atoms with van der Waals surface area (Å²) in [4.78, 5) is 21.5. The number of morpholine rings is 1. The topological polar surface area (TPSA) is 54.9 Å². The van der Waals surface area contributed by atoms with Gasteiger partial charge in [-0.2, -0.15) is 0 Å². The summed E-state index contributed by atoms with van der Waals surface area (Å²) in [6.07, 6.45) is -0.543. The van der Waals surface area contributed by atoms with E-state index in [1.807, 2.05) is 6.92 Å². The van der Waals surface area contributed by atoms with Crippen LogP contribution in [0.25, 0.3) is 20.4 Å². The second kappa shape index (κ2) is 9.79. The first-order valence-corrected chi connectivity index (χ1v) is 11.1. The summed E-state index contributed by atoms with van der Waals surface area (Å²) in [6, 6.07) is 8.73. The normalized spacial score (nSPS) is 16.3. The molecular weight excluding hydrogens is 525 g/mol. The number of fused-ring (bicyclic) bond motifs is 2. The molecule has 0 aliphatic carbocycles. The zero-order valence-corrected chi connectivity index (χ0v) is 21.5.